The maximum absolute atomic E-state index is 13.2. The van der Waals surface area contributed by atoms with Crippen LogP contribution in [0.15, 0.2) is 36.5 Å². The van der Waals surface area contributed by atoms with Crippen molar-refractivity contribution in [1.82, 2.24) is 4.98 Å². The zero-order valence-corrected chi connectivity index (χ0v) is 11.2. The van der Waals surface area contributed by atoms with Crippen molar-refractivity contribution in [3.8, 4) is 0 Å². The second-order valence-corrected chi connectivity index (χ2v) is 5.09. The number of rotatable bonds is 2. The summed E-state index contributed by atoms with van der Waals surface area (Å²) in [7, 11) is 0. The average Bonchev–Trinajstić information content (AvgIpc) is 2.69. The van der Waals surface area contributed by atoms with Gasteiger partial charge in [-0.1, -0.05) is 24.3 Å². The minimum atomic E-state index is -0.409. The maximum atomic E-state index is 13.2. The van der Waals surface area contributed by atoms with Crippen molar-refractivity contribution in [3.05, 3.63) is 59.0 Å². The molecule has 0 spiro atoms. The number of aliphatic hydroxyl groups is 1. The minimum absolute atomic E-state index is 0.196. The normalized spacial score (nSPS) is 14.8. The van der Waals surface area contributed by atoms with Gasteiger partial charge in [0.25, 0.3) is 0 Å². The highest BCUT2D eigenvalue weighted by molar-refractivity contribution is 5.48. The first-order chi connectivity index (χ1) is 9.78. The van der Waals surface area contributed by atoms with Crippen LogP contribution in [-0.2, 0) is 19.6 Å². The number of hydrogen-bond acceptors (Lipinski definition) is 3. The molecule has 2 aromatic rings. The number of nitrogens with zero attached hydrogens (tertiary/aromatic N) is 2. The molecule has 0 unspecified atom stereocenters. The molecule has 3 nitrogen and oxygen atoms in total. The summed E-state index contributed by atoms with van der Waals surface area (Å²) in [5.74, 6) is 0.277. The number of benzene rings is 1. The second-order valence-electron chi connectivity index (χ2n) is 5.09. The number of aromatic nitrogens is 1. The fourth-order valence-electron chi connectivity index (χ4n) is 2.76. The zero-order chi connectivity index (χ0) is 13.9. The maximum Gasteiger partial charge on any atom is 0.142 e. The van der Waals surface area contributed by atoms with Crippen LogP contribution in [0.25, 0.3) is 0 Å². The first-order valence-corrected chi connectivity index (χ1v) is 6.85. The monoisotopic (exact) mass is 272 g/mol. The lowest BCUT2D eigenvalue weighted by Gasteiger charge is -2.24. The van der Waals surface area contributed by atoms with Crippen LogP contribution in [0.1, 0.15) is 23.1 Å². The number of halogens is 1. The second kappa shape index (κ2) is 5.59. The van der Waals surface area contributed by atoms with Crippen molar-refractivity contribution < 1.29 is 9.50 Å². The van der Waals surface area contributed by atoms with Gasteiger partial charge < -0.3 is 10.0 Å². The third kappa shape index (κ3) is 2.51. The Balaban J connectivity index is 1.95. The molecule has 3 rings (SSSR count). The Morgan fingerprint density at radius 2 is 2.05 bits per heavy atom. The Labute approximate surface area is 117 Å². The number of aliphatic hydroxyl groups excluding tert-OH is 1. The minimum Gasteiger partial charge on any atom is -0.392 e. The van der Waals surface area contributed by atoms with E-state index in [1.807, 2.05) is 6.07 Å². The number of aryl methyl sites for hydroxylation is 1. The van der Waals surface area contributed by atoms with Gasteiger partial charge in [0.1, 0.15) is 11.6 Å². The van der Waals surface area contributed by atoms with E-state index in [0.717, 1.165) is 25.9 Å². The van der Waals surface area contributed by atoms with Crippen LogP contribution >= 0.6 is 0 Å². The van der Waals surface area contributed by atoms with E-state index in [0.29, 0.717) is 11.4 Å². The Hall–Kier alpha value is -1.94. The van der Waals surface area contributed by atoms with E-state index in [1.165, 1.54) is 23.4 Å². The SMILES string of the molecule is OCc1cc(F)cnc1N1CCCc2ccccc2C1. The van der Waals surface area contributed by atoms with Gasteiger partial charge in [-0.2, -0.15) is 0 Å². The first kappa shape index (κ1) is 13.1. The summed E-state index contributed by atoms with van der Waals surface area (Å²) in [6, 6.07) is 9.73. The van der Waals surface area contributed by atoms with Crippen molar-refractivity contribution >= 4 is 5.82 Å². The lowest BCUT2D eigenvalue weighted by atomic mass is 10.0. The van der Waals surface area contributed by atoms with E-state index < -0.39 is 5.82 Å². The molecule has 1 aromatic heterocycles. The molecule has 20 heavy (non-hydrogen) atoms. The van der Waals surface area contributed by atoms with E-state index in [-0.39, 0.29) is 6.61 Å². The Bertz CT molecular complexity index is 615. The predicted octanol–water partition coefficient (Wildman–Crippen LogP) is 2.67. The van der Waals surface area contributed by atoms with Gasteiger partial charge >= 0.3 is 0 Å². The quantitative estimate of drug-likeness (QED) is 0.913. The van der Waals surface area contributed by atoms with Gasteiger partial charge in [-0.05, 0) is 30.0 Å². The summed E-state index contributed by atoms with van der Waals surface area (Å²) >= 11 is 0. The summed E-state index contributed by atoms with van der Waals surface area (Å²) in [5, 5.41) is 9.41. The van der Waals surface area contributed by atoms with Gasteiger partial charge in [0.2, 0.25) is 0 Å². The van der Waals surface area contributed by atoms with E-state index in [2.05, 4.69) is 28.1 Å². The Morgan fingerprint density at radius 1 is 1.25 bits per heavy atom. The van der Waals surface area contributed by atoms with E-state index in [1.54, 1.807) is 0 Å². The summed E-state index contributed by atoms with van der Waals surface area (Å²) in [6.45, 7) is 1.42. The van der Waals surface area contributed by atoms with Crippen LogP contribution < -0.4 is 4.90 Å². The van der Waals surface area contributed by atoms with Crippen LogP contribution in [0, 0.1) is 5.82 Å². The van der Waals surface area contributed by atoms with Gasteiger partial charge in [0.05, 0.1) is 12.8 Å². The third-order valence-corrected chi connectivity index (χ3v) is 3.73. The fourth-order valence-corrected chi connectivity index (χ4v) is 2.76. The van der Waals surface area contributed by atoms with Gasteiger partial charge in [0.15, 0.2) is 0 Å². The highest BCUT2D eigenvalue weighted by Crippen LogP contribution is 2.25. The molecule has 0 aliphatic carbocycles. The molecule has 1 aliphatic rings. The van der Waals surface area contributed by atoms with Crippen LogP contribution in [0.4, 0.5) is 10.2 Å². The van der Waals surface area contributed by atoms with E-state index >= 15 is 0 Å². The Kier molecular flexibility index (Phi) is 3.65. The average molecular weight is 272 g/mol. The summed E-state index contributed by atoms with van der Waals surface area (Å²) in [4.78, 5) is 6.30. The molecule has 0 amide bonds. The highest BCUT2D eigenvalue weighted by Gasteiger charge is 2.18. The molecule has 104 valence electrons. The molecular weight excluding hydrogens is 255 g/mol. The summed E-state index contributed by atoms with van der Waals surface area (Å²) in [5.41, 5.74) is 3.19. The van der Waals surface area contributed by atoms with E-state index in [9.17, 15) is 9.50 Å². The van der Waals surface area contributed by atoms with Gasteiger partial charge in [-0.3, -0.25) is 0 Å². The largest absolute Gasteiger partial charge is 0.392 e. The Morgan fingerprint density at radius 3 is 2.85 bits per heavy atom. The molecule has 0 radical (unpaired) electrons. The molecule has 1 aliphatic heterocycles. The lowest BCUT2D eigenvalue weighted by Crippen LogP contribution is -2.25. The predicted molar refractivity (Wildman–Crippen MR) is 75.9 cm³/mol. The summed E-state index contributed by atoms with van der Waals surface area (Å²) in [6.07, 6.45) is 3.29. The van der Waals surface area contributed by atoms with Crippen LogP contribution in [0.2, 0.25) is 0 Å². The highest BCUT2D eigenvalue weighted by atomic mass is 19.1. The molecule has 2 heterocycles. The van der Waals surface area contributed by atoms with Crippen LogP contribution in [-0.4, -0.2) is 16.6 Å². The first-order valence-electron chi connectivity index (χ1n) is 6.85. The molecule has 0 atom stereocenters. The molecule has 0 bridgehead atoms. The topological polar surface area (TPSA) is 36.4 Å². The van der Waals surface area contributed by atoms with Crippen molar-refractivity contribution in [1.29, 1.82) is 0 Å². The molecule has 1 N–H and O–H groups in total. The smallest absolute Gasteiger partial charge is 0.142 e. The standard InChI is InChI=1S/C16H17FN2O/c17-15-8-14(11-20)16(18-9-15)19-7-3-6-12-4-1-2-5-13(12)10-19/h1-2,4-5,8-9,20H,3,6-7,10-11H2. The number of hydrogen-bond donors (Lipinski definition) is 1. The molecule has 1 aromatic carbocycles. The number of pyridine rings is 1. The van der Waals surface area contributed by atoms with Gasteiger partial charge in [-0.15, -0.1) is 0 Å². The van der Waals surface area contributed by atoms with Gasteiger partial charge in [0, 0.05) is 18.7 Å². The molecule has 0 saturated carbocycles. The number of fused-ring (bicyclic) bond motifs is 1. The summed E-state index contributed by atoms with van der Waals surface area (Å²) < 4.78 is 13.2. The van der Waals surface area contributed by atoms with Crippen LogP contribution in [0.3, 0.4) is 0 Å². The molecule has 0 fully saturated rings. The van der Waals surface area contributed by atoms with Gasteiger partial charge in [-0.25, -0.2) is 9.37 Å². The fraction of sp³-hybridized carbons (Fsp3) is 0.312. The van der Waals surface area contributed by atoms with Crippen molar-refractivity contribution in [2.75, 3.05) is 11.4 Å². The third-order valence-electron chi connectivity index (χ3n) is 3.73. The number of anilines is 1. The van der Waals surface area contributed by atoms with Crippen molar-refractivity contribution in [2.45, 2.75) is 26.0 Å². The molecular formula is C16H17FN2O. The van der Waals surface area contributed by atoms with Crippen LogP contribution in [0.5, 0.6) is 0 Å². The molecule has 0 saturated heterocycles. The van der Waals surface area contributed by atoms with Crippen molar-refractivity contribution in [2.24, 2.45) is 0 Å². The molecule has 4 heteroatoms. The van der Waals surface area contributed by atoms with E-state index in [4.69, 9.17) is 0 Å². The zero-order valence-electron chi connectivity index (χ0n) is 11.2. The lowest BCUT2D eigenvalue weighted by molar-refractivity contribution is 0.281. The van der Waals surface area contributed by atoms with Crippen molar-refractivity contribution in [3.63, 3.8) is 0 Å².